The smallest absolute Gasteiger partial charge is 0.395 e. The Hall–Kier alpha value is -1.70. The van der Waals surface area contributed by atoms with Crippen LogP contribution in [0.5, 0.6) is 0 Å². The van der Waals surface area contributed by atoms with Gasteiger partial charge in [0.2, 0.25) is 0 Å². The van der Waals surface area contributed by atoms with Crippen molar-refractivity contribution in [3.63, 3.8) is 0 Å². The molecule has 0 radical (unpaired) electrons. The van der Waals surface area contributed by atoms with Crippen molar-refractivity contribution in [3.05, 3.63) is 24.3 Å². The fourth-order valence-electron chi connectivity index (χ4n) is 1.18. The largest absolute Gasteiger partial charge is 0.406 e. The van der Waals surface area contributed by atoms with Crippen LogP contribution in [0.2, 0.25) is 0 Å². The molecule has 0 bridgehead atoms. The van der Waals surface area contributed by atoms with Gasteiger partial charge in [-0.3, -0.25) is 4.79 Å². The lowest BCUT2D eigenvalue weighted by Crippen LogP contribution is -2.40. The second kappa shape index (κ2) is 5.58. The van der Waals surface area contributed by atoms with Gasteiger partial charge in [-0.05, 0) is 0 Å². The predicted octanol–water partition coefficient (Wildman–Crippen LogP) is 0.473. The van der Waals surface area contributed by atoms with E-state index in [1.165, 1.54) is 0 Å². The van der Waals surface area contributed by atoms with Crippen LogP contribution in [0.4, 0.5) is 13.2 Å². The quantitative estimate of drug-likeness (QED) is 0.842. The molecule has 0 spiro atoms. The number of amides is 1. The van der Waals surface area contributed by atoms with E-state index in [2.05, 4.69) is 9.97 Å². The highest BCUT2D eigenvalue weighted by atomic mass is 19.4. The van der Waals surface area contributed by atoms with Crippen LogP contribution in [0, 0.1) is 0 Å². The molecule has 1 heterocycles. The first-order valence-corrected chi connectivity index (χ1v) is 4.66. The summed E-state index contributed by atoms with van der Waals surface area (Å²) in [6.45, 7) is -2.36. The lowest BCUT2D eigenvalue weighted by Gasteiger charge is -2.22. The van der Waals surface area contributed by atoms with Crippen molar-refractivity contribution in [3.8, 4) is 0 Å². The van der Waals surface area contributed by atoms with Gasteiger partial charge in [-0.25, -0.2) is 9.97 Å². The Morgan fingerprint density at radius 2 is 1.94 bits per heavy atom. The van der Waals surface area contributed by atoms with Crippen molar-refractivity contribution in [2.75, 3.05) is 19.7 Å². The molecule has 1 N–H and O–H groups in total. The van der Waals surface area contributed by atoms with E-state index in [9.17, 15) is 18.0 Å². The first-order chi connectivity index (χ1) is 7.94. The molecule has 1 amide bonds. The van der Waals surface area contributed by atoms with Crippen LogP contribution in [-0.2, 0) is 0 Å². The van der Waals surface area contributed by atoms with Gasteiger partial charge in [0.15, 0.2) is 0 Å². The van der Waals surface area contributed by atoms with Crippen molar-refractivity contribution in [2.45, 2.75) is 6.18 Å². The van der Waals surface area contributed by atoms with E-state index in [1.807, 2.05) is 0 Å². The molecule has 0 aliphatic carbocycles. The molecule has 0 unspecified atom stereocenters. The van der Waals surface area contributed by atoms with Crippen molar-refractivity contribution in [1.82, 2.24) is 14.9 Å². The summed E-state index contributed by atoms with van der Waals surface area (Å²) in [5.41, 5.74) is -0.0507. The van der Waals surface area contributed by atoms with E-state index in [-0.39, 0.29) is 5.56 Å². The third-order valence-electron chi connectivity index (χ3n) is 1.83. The Bertz CT molecular complexity index is 369. The van der Waals surface area contributed by atoms with E-state index in [4.69, 9.17) is 5.11 Å². The van der Waals surface area contributed by atoms with Crippen LogP contribution in [0.1, 0.15) is 10.4 Å². The van der Waals surface area contributed by atoms with Crippen LogP contribution < -0.4 is 0 Å². The molecule has 17 heavy (non-hydrogen) atoms. The summed E-state index contributed by atoms with van der Waals surface area (Å²) in [4.78, 5) is 19.2. The molecule has 1 aromatic rings. The normalized spacial score (nSPS) is 11.3. The first-order valence-electron chi connectivity index (χ1n) is 4.66. The van der Waals surface area contributed by atoms with Gasteiger partial charge in [0.1, 0.15) is 12.9 Å². The van der Waals surface area contributed by atoms with E-state index in [0.717, 1.165) is 18.7 Å². The number of rotatable bonds is 4. The Labute approximate surface area is 94.9 Å². The summed E-state index contributed by atoms with van der Waals surface area (Å²) in [5, 5.41) is 8.64. The van der Waals surface area contributed by atoms with E-state index < -0.39 is 31.8 Å². The van der Waals surface area contributed by atoms with Gasteiger partial charge in [0, 0.05) is 18.9 Å². The molecule has 0 fully saturated rings. The second-order valence-corrected chi connectivity index (χ2v) is 3.19. The zero-order valence-electron chi connectivity index (χ0n) is 8.68. The zero-order valence-corrected chi connectivity index (χ0v) is 8.68. The summed E-state index contributed by atoms with van der Waals surface area (Å²) < 4.78 is 36.6. The third kappa shape index (κ3) is 4.35. The number of halogens is 3. The highest BCUT2D eigenvalue weighted by Gasteiger charge is 2.33. The van der Waals surface area contributed by atoms with Crippen LogP contribution >= 0.6 is 0 Å². The van der Waals surface area contributed by atoms with E-state index >= 15 is 0 Å². The molecule has 0 aliphatic rings. The molecule has 1 aromatic heterocycles. The third-order valence-corrected chi connectivity index (χ3v) is 1.83. The molecule has 0 atom stereocenters. The van der Waals surface area contributed by atoms with Crippen molar-refractivity contribution in [2.24, 2.45) is 0 Å². The van der Waals surface area contributed by atoms with Crippen LogP contribution in [0.15, 0.2) is 18.7 Å². The van der Waals surface area contributed by atoms with Crippen molar-refractivity contribution >= 4 is 5.91 Å². The van der Waals surface area contributed by atoms with Crippen LogP contribution in [0.25, 0.3) is 0 Å². The summed E-state index contributed by atoms with van der Waals surface area (Å²) in [7, 11) is 0. The van der Waals surface area contributed by atoms with Gasteiger partial charge >= 0.3 is 6.18 Å². The maximum Gasteiger partial charge on any atom is 0.406 e. The van der Waals surface area contributed by atoms with Gasteiger partial charge < -0.3 is 10.0 Å². The molecule has 0 saturated carbocycles. The minimum Gasteiger partial charge on any atom is -0.395 e. The minimum atomic E-state index is -4.51. The van der Waals surface area contributed by atoms with Gasteiger partial charge in [-0.2, -0.15) is 13.2 Å². The van der Waals surface area contributed by atoms with Crippen LogP contribution in [-0.4, -0.2) is 51.8 Å². The number of aliphatic hydroxyl groups is 1. The number of aromatic nitrogens is 2. The molecule has 94 valence electrons. The first kappa shape index (κ1) is 13.4. The molecular formula is C9H10F3N3O2. The summed E-state index contributed by atoms with van der Waals surface area (Å²) in [6, 6.07) is 0. The topological polar surface area (TPSA) is 66.3 Å². The number of carbonyl (C=O) groups excluding carboxylic acids is 1. The second-order valence-electron chi connectivity index (χ2n) is 3.19. The lowest BCUT2D eigenvalue weighted by molar-refractivity contribution is -0.141. The summed E-state index contributed by atoms with van der Waals surface area (Å²) >= 11 is 0. The average molecular weight is 249 g/mol. The number of hydrogen-bond acceptors (Lipinski definition) is 4. The lowest BCUT2D eigenvalue weighted by atomic mass is 10.3. The summed E-state index contributed by atoms with van der Waals surface area (Å²) in [6.07, 6.45) is -1.11. The number of hydrogen-bond donors (Lipinski definition) is 1. The molecule has 1 rings (SSSR count). The Balaban J connectivity index is 2.81. The van der Waals surface area contributed by atoms with Gasteiger partial charge in [0.25, 0.3) is 5.91 Å². The number of nitrogens with zero attached hydrogens (tertiary/aromatic N) is 3. The number of alkyl halides is 3. The Morgan fingerprint density at radius 3 is 2.41 bits per heavy atom. The van der Waals surface area contributed by atoms with Crippen molar-refractivity contribution in [1.29, 1.82) is 0 Å². The zero-order chi connectivity index (χ0) is 12.9. The number of carbonyl (C=O) groups is 1. The monoisotopic (exact) mass is 249 g/mol. The van der Waals surface area contributed by atoms with Crippen LogP contribution in [0.3, 0.4) is 0 Å². The molecule has 8 heteroatoms. The SMILES string of the molecule is O=C(c1cncnc1)N(CCO)CC(F)(F)F. The van der Waals surface area contributed by atoms with E-state index in [1.54, 1.807) is 0 Å². The Kier molecular flexibility index (Phi) is 4.38. The molecular weight excluding hydrogens is 239 g/mol. The highest BCUT2D eigenvalue weighted by molar-refractivity contribution is 5.93. The summed E-state index contributed by atoms with van der Waals surface area (Å²) in [5.74, 6) is -0.864. The van der Waals surface area contributed by atoms with Gasteiger partial charge in [-0.1, -0.05) is 0 Å². The standard InChI is InChI=1S/C9H10F3N3O2/c10-9(11,12)5-15(1-2-16)8(17)7-3-13-6-14-4-7/h3-4,6,16H,1-2,5H2. The molecule has 0 aromatic carbocycles. The maximum atomic E-state index is 12.2. The molecule has 0 aliphatic heterocycles. The van der Waals surface area contributed by atoms with E-state index in [0.29, 0.717) is 4.90 Å². The average Bonchev–Trinajstić information content (AvgIpc) is 2.27. The number of aliphatic hydroxyl groups excluding tert-OH is 1. The predicted molar refractivity (Wildman–Crippen MR) is 51.1 cm³/mol. The highest BCUT2D eigenvalue weighted by Crippen LogP contribution is 2.17. The van der Waals surface area contributed by atoms with Gasteiger partial charge in [-0.15, -0.1) is 0 Å². The minimum absolute atomic E-state index is 0.0507. The van der Waals surface area contributed by atoms with Gasteiger partial charge in [0.05, 0.1) is 12.2 Å². The fraction of sp³-hybridized carbons (Fsp3) is 0.444. The maximum absolute atomic E-state index is 12.2. The fourth-order valence-corrected chi connectivity index (χ4v) is 1.18. The molecule has 0 saturated heterocycles. The molecule has 5 nitrogen and oxygen atoms in total. The van der Waals surface area contributed by atoms with Crippen molar-refractivity contribution < 1.29 is 23.1 Å². The Morgan fingerprint density at radius 1 is 1.35 bits per heavy atom.